The molecule has 4 rings (SSSR count). The molecule has 1 aromatic rings. The molecule has 1 saturated carbocycles. The summed E-state index contributed by atoms with van der Waals surface area (Å²) < 4.78 is 38.4. The number of hydrogen-bond acceptors (Lipinski definition) is 7. The summed E-state index contributed by atoms with van der Waals surface area (Å²) in [5.41, 5.74) is 0. The standard InChI is InChI=1S/C33H51ClO7Si/c1-33(2,3)42(4,5)41-28-23-29(40-31-16-7-9-20-38-31)32(26(28)17-18-35)27(39-30-15-6-8-19-37-30)14-11-21-36-25-13-10-12-24(34)22-25/h10,12-14,18,22,26,28-32H,6-9,11,15-17,19-21,23H2,1-5H3/b27-14+/t26-,28-,29+,30?,31?,32+/m1/s1. The van der Waals surface area contributed by atoms with Gasteiger partial charge >= 0.3 is 0 Å². The molecule has 3 aliphatic rings. The number of benzene rings is 1. The zero-order valence-corrected chi connectivity index (χ0v) is 27.9. The molecule has 1 aliphatic carbocycles. The van der Waals surface area contributed by atoms with Gasteiger partial charge in [0.1, 0.15) is 17.8 Å². The predicted octanol–water partition coefficient (Wildman–Crippen LogP) is 8.06. The second-order valence-electron chi connectivity index (χ2n) is 13.3. The smallest absolute Gasteiger partial charge is 0.199 e. The summed E-state index contributed by atoms with van der Waals surface area (Å²) in [5.74, 6) is 1.30. The number of hydrogen-bond donors (Lipinski definition) is 0. The number of aldehydes is 1. The van der Waals surface area contributed by atoms with E-state index in [9.17, 15) is 4.79 Å². The molecule has 3 fully saturated rings. The van der Waals surface area contributed by atoms with Crippen LogP contribution < -0.4 is 4.74 Å². The van der Waals surface area contributed by atoms with Crippen molar-refractivity contribution < 1.29 is 32.9 Å². The van der Waals surface area contributed by atoms with E-state index in [1.54, 1.807) is 0 Å². The van der Waals surface area contributed by atoms with Gasteiger partial charge in [-0.1, -0.05) is 38.4 Å². The van der Waals surface area contributed by atoms with E-state index in [2.05, 4.69) is 39.9 Å². The lowest BCUT2D eigenvalue weighted by Gasteiger charge is -2.40. The minimum absolute atomic E-state index is 0.0441. The Balaban J connectivity index is 1.61. The van der Waals surface area contributed by atoms with Crippen LogP contribution in [-0.4, -0.2) is 59.2 Å². The third-order valence-corrected chi connectivity index (χ3v) is 13.9. The molecule has 0 amide bonds. The van der Waals surface area contributed by atoms with Crippen molar-refractivity contribution >= 4 is 26.2 Å². The molecule has 0 spiro atoms. The lowest BCUT2D eigenvalue weighted by molar-refractivity contribution is -0.201. The van der Waals surface area contributed by atoms with Crippen LogP contribution in [0.2, 0.25) is 23.2 Å². The number of halogens is 1. The number of carbonyl (C=O) groups is 1. The van der Waals surface area contributed by atoms with Crippen LogP contribution in [0.25, 0.3) is 0 Å². The Bertz CT molecular complexity index is 1010. The Labute approximate surface area is 258 Å². The third-order valence-electron chi connectivity index (χ3n) is 9.15. The van der Waals surface area contributed by atoms with Gasteiger partial charge in [0.2, 0.25) is 0 Å². The van der Waals surface area contributed by atoms with Crippen LogP contribution in [0.4, 0.5) is 0 Å². The Morgan fingerprint density at radius 2 is 1.76 bits per heavy atom. The molecule has 2 unspecified atom stereocenters. The summed E-state index contributed by atoms with van der Waals surface area (Å²) >= 11 is 6.14. The molecule has 0 radical (unpaired) electrons. The van der Waals surface area contributed by atoms with Gasteiger partial charge < -0.3 is 32.9 Å². The molecule has 2 saturated heterocycles. The van der Waals surface area contributed by atoms with Gasteiger partial charge in [-0.3, -0.25) is 0 Å². The Hall–Kier alpha value is -1.42. The number of carbonyl (C=O) groups excluding carboxylic acids is 1. The van der Waals surface area contributed by atoms with Crippen molar-refractivity contribution in [2.75, 3.05) is 19.8 Å². The molecule has 0 bridgehead atoms. The molecule has 1 aromatic carbocycles. The van der Waals surface area contributed by atoms with Gasteiger partial charge in [-0.25, -0.2) is 0 Å². The molecule has 0 N–H and O–H groups in total. The first-order chi connectivity index (χ1) is 20.1. The highest BCUT2D eigenvalue weighted by molar-refractivity contribution is 6.74. The molecule has 9 heteroatoms. The zero-order chi connectivity index (χ0) is 30.2. The second-order valence-corrected chi connectivity index (χ2v) is 18.5. The molecule has 6 atom stereocenters. The van der Waals surface area contributed by atoms with E-state index in [4.69, 9.17) is 39.7 Å². The first-order valence-corrected chi connectivity index (χ1v) is 19.1. The first-order valence-electron chi connectivity index (χ1n) is 15.8. The fourth-order valence-corrected chi connectivity index (χ4v) is 7.42. The summed E-state index contributed by atoms with van der Waals surface area (Å²) in [6, 6.07) is 7.42. The van der Waals surface area contributed by atoms with Crippen molar-refractivity contribution in [3.63, 3.8) is 0 Å². The van der Waals surface area contributed by atoms with Crippen LogP contribution in [0.5, 0.6) is 5.75 Å². The fraction of sp³-hybridized carbons (Fsp3) is 0.727. The van der Waals surface area contributed by atoms with Gasteiger partial charge in [0, 0.05) is 42.7 Å². The van der Waals surface area contributed by atoms with E-state index >= 15 is 0 Å². The summed E-state index contributed by atoms with van der Waals surface area (Å²) in [6.07, 6.45) is 9.88. The average Bonchev–Trinajstić information content (AvgIpc) is 3.26. The fourth-order valence-electron chi connectivity index (χ4n) is 5.86. The maximum absolute atomic E-state index is 12.1. The van der Waals surface area contributed by atoms with Gasteiger partial charge in [0.05, 0.1) is 25.4 Å². The van der Waals surface area contributed by atoms with Crippen molar-refractivity contribution in [1.29, 1.82) is 0 Å². The van der Waals surface area contributed by atoms with Crippen molar-refractivity contribution in [1.82, 2.24) is 0 Å². The Kier molecular flexibility index (Phi) is 12.4. The van der Waals surface area contributed by atoms with Gasteiger partial charge in [-0.15, -0.1) is 0 Å². The van der Waals surface area contributed by atoms with Crippen molar-refractivity contribution in [3.05, 3.63) is 41.1 Å². The largest absolute Gasteiger partial charge is 0.493 e. The molecular formula is C33H51ClO7Si. The maximum Gasteiger partial charge on any atom is 0.199 e. The quantitative estimate of drug-likeness (QED) is 0.0953. The van der Waals surface area contributed by atoms with E-state index in [0.29, 0.717) is 44.1 Å². The van der Waals surface area contributed by atoms with Gasteiger partial charge in [-0.05, 0) is 80.9 Å². The summed E-state index contributed by atoms with van der Waals surface area (Å²) in [6.45, 7) is 13.1. The van der Waals surface area contributed by atoms with Gasteiger partial charge in [0.25, 0.3) is 0 Å². The van der Waals surface area contributed by atoms with Crippen molar-refractivity contribution in [3.8, 4) is 5.75 Å². The van der Waals surface area contributed by atoms with E-state index in [0.717, 1.165) is 56.3 Å². The topological polar surface area (TPSA) is 72.5 Å². The van der Waals surface area contributed by atoms with Crippen LogP contribution in [0.15, 0.2) is 36.1 Å². The highest BCUT2D eigenvalue weighted by Crippen LogP contribution is 2.47. The minimum Gasteiger partial charge on any atom is -0.493 e. The normalized spacial score (nSPS) is 29.3. The lowest BCUT2D eigenvalue weighted by Crippen LogP contribution is -2.45. The number of rotatable bonds is 13. The molecule has 2 heterocycles. The van der Waals surface area contributed by atoms with Crippen LogP contribution in [-0.2, 0) is 28.2 Å². The number of ether oxygens (including phenoxy) is 5. The van der Waals surface area contributed by atoms with Crippen molar-refractivity contribution in [2.24, 2.45) is 11.8 Å². The molecule has 42 heavy (non-hydrogen) atoms. The lowest BCUT2D eigenvalue weighted by atomic mass is 9.88. The minimum atomic E-state index is -2.12. The predicted molar refractivity (Wildman–Crippen MR) is 167 cm³/mol. The highest BCUT2D eigenvalue weighted by atomic mass is 35.5. The van der Waals surface area contributed by atoms with Crippen LogP contribution in [0.3, 0.4) is 0 Å². The van der Waals surface area contributed by atoms with E-state index in [-0.39, 0.29) is 41.7 Å². The summed E-state index contributed by atoms with van der Waals surface area (Å²) in [7, 11) is -2.12. The Morgan fingerprint density at radius 1 is 1.05 bits per heavy atom. The SMILES string of the molecule is CC(C)(C)[Si](C)(C)O[C@@H]1C[C@H](OC2CCCCO2)[C@H](/C(=C\CCOc2cccc(Cl)c2)OC2CCCCO2)[C@@H]1CC=O. The van der Waals surface area contributed by atoms with Crippen LogP contribution in [0.1, 0.15) is 78.6 Å². The molecule has 2 aliphatic heterocycles. The second kappa shape index (κ2) is 15.5. The van der Waals surface area contributed by atoms with Crippen LogP contribution in [0, 0.1) is 11.8 Å². The molecule has 0 aromatic heterocycles. The maximum atomic E-state index is 12.1. The Morgan fingerprint density at radius 3 is 2.38 bits per heavy atom. The monoisotopic (exact) mass is 622 g/mol. The third kappa shape index (κ3) is 9.29. The molecular weight excluding hydrogens is 572 g/mol. The van der Waals surface area contributed by atoms with Gasteiger partial charge in [0.15, 0.2) is 20.9 Å². The zero-order valence-electron chi connectivity index (χ0n) is 26.1. The first kappa shape index (κ1) is 33.5. The molecule has 236 valence electrons. The molecule has 7 nitrogen and oxygen atoms in total. The van der Waals surface area contributed by atoms with Crippen LogP contribution >= 0.6 is 11.6 Å². The highest BCUT2D eigenvalue weighted by Gasteiger charge is 2.51. The van der Waals surface area contributed by atoms with E-state index < -0.39 is 8.32 Å². The van der Waals surface area contributed by atoms with Crippen molar-refractivity contribution in [2.45, 2.75) is 121 Å². The van der Waals surface area contributed by atoms with Gasteiger partial charge in [-0.2, -0.15) is 0 Å². The van der Waals surface area contributed by atoms with E-state index in [1.165, 1.54) is 0 Å². The summed E-state index contributed by atoms with van der Waals surface area (Å²) in [4.78, 5) is 12.1. The average molecular weight is 623 g/mol. The summed E-state index contributed by atoms with van der Waals surface area (Å²) in [5, 5.41) is 0.685. The van der Waals surface area contributed by atoms with E-state index in [1.807, 2.05) is 24.3 Å².